The number of rotatable bonds is 9. The van der Waals surface area contributed by atoms with Gasteiger partial charge in [0.2, 0.25) is 5.91 Å². The molecule has 1 amide bonds. The molecule has 1 aromatic rings. The van der Waals surface area contributed by atoms with Crippen LogP contribution < -0.4 is 10.1 Å². The molecule has 1 rings (SSSR count). The Morgan fingerprint density at radius 3 is 2.43 bits per heavy atom. The number of nitrogens with one attached hydrogen (secondary N) is 1. The van der Waals surface area contributed by atoms with E-state index in [4.69, 9.17) is 14.6 Å². The van der Waals surface area contributed by atoms with E-state index in [1.165, 1.54) is 0 Å². The fraction of sp³-hybridized carbons (Fsp3) is 0.467. The number of ether oxygens (including phenoxy) is 2. The Morgan fingerprint density at radius 2 is 1.90 bits per heavy atom. The predicted octanol–water partition coefficient (Wildman–Crippen LogP) is 1.23. The van der Waals surface area contributed by atoms with Crippen LogP contribution in [0.1, 0.15) is 18.4 Å². The van der Waals surface area contributed by atoms with Crippen molar-refractivity contribution in [2.45, 2.75) is 25.3 Å². The van der Waals surface area contributed by atoms with Gasteiger partial charge in [0.1, 0.15) is 11.8 Å². The van der Waals surface area contributed by atoms with Crippen LogP contribution in [0.25, 0.3) is 0 Å². The maximum absolute atomic E-state index is 11.9. The van der Waals surface area contributed by atoms with Gasteiger partial charge in [-0.15, -0.1) is 0 Å². The molecule has 0 heterocycles. The standard InChI is InChI=1S/C15H21NO5/c1-20-9-3-4-13(15(18)19)16-14(17)10-11-5-7-12(21-2)8-6-11/h5-8,13H,3-4,9-10H2,1-2H3,(H,16,17)(H,18,19). The third kappa shape index (κ3) is 6.27. The second-order valence-corrected chi connectivity index (χ2v) is 4.62. The van der Waals surface area contributed by atoms with E-state index in [2.05, 4.69) is 5.32 Å². The minimum atomic E-state index is -1.03. The van der Waals surface area contributed by atoms with Gasteiger partial charge < -0.3 is 19.9 Å². The zero-order valence-corrected chi connectivity index (χ0v) is 12.3. The molecule has 0 aliphatic heterocycles. The highest BCUT2D eigenvalue weighted by atomic mass is 16.5. The van der Waals surface area contributed by atoms with E-state index in [9.17, 15) is 9.59 Å². The molecule has 6 heteroatoms. The molecule has 0 bridgehead atoms. The second kappa shape index (κ2) is 8.97. The van der Waals surface area contributed by atoms with Crippen LogP contribution in [0.4, 0.5) is 0 Å². The van der Waals surface area contributed by atoms with Gasteiger partial charge in [0.05, 0.1) is 13.5 Å². The molecule has 0 aliphatic carbocycles. The SMILES string of the molecule is COCCCC(NC(=O)Cc1ccc(OC)cc1)C(=O)O. The van der Waals surface area contributed by atoms with Crippen molar-refractivity contribution in [2.75, 3.05) is 20.8 Å². The van der Waals surface area contributed by atoms with Crippen molar-refractivity contribution in [2.24, 2.45) is 0 Å². The summed E-state index contributed by atoms with van der Waals surface area (Å²) in [5.74, 6) is -0.638. The number of hydrogen-bond acceptors (Lipinski definition) is 4. The summed E-state index contributed by atoms with van der Waals surface area (Å²) in [6.07, 6.45) is 1.06. The number of hydrogen-bond donors (Lipinski definition) is 2. The van der Waals surface area contributed by atoms with Crippen molar-refractivity contribution in [1.29, 1.82) is 0 Å². The zero-order chi connectivity index (χ0) is 15.7. The van der Waals surface area contributed by atoms with E-state index in [1.54, 1.807) is 38.5 Å². The zero-order valence-electron chi connectivity index (χ0n) is 12.3. The summed E-state index contributed by atoms with van der Waals surface area (Å²) in [7, 11) is 3.12. The lowest BCUT2D eigenvalue weighted by molar-refractivity contribution is -0.142. The molecule has 0 fully saturated rings. The third-order valence-electron chi connectivity index (χ3n) is 3.00. The summed E-state index contributed by atoms with van der Waals surface area (Å²) in [5, 5.41) is 11.6. The van der Waals surface area contributed by atoms with Crippen LogP contribution in [0.15, 0.2) is 24.3 Å². The molecule has 6 nitrogen and oxygen atoms in total. The molecule has 0 aromatic heterocycles. The highest BCUT2D eigenvalue weighted by molar-refractivity contribution is 5.84. The van der Waals surface area contributed by atoms with Gasteiger partial charge in [0.15, 0.2) is 0 Å². The van der Waals surface area contributed by atoms with Crippen molar-refractivity contribution in [1.82, 2.24) is 5.32 Å². The van der Waals surface area contributed by atoms with Crippen molar-refractivity contribution in [3.05, 3.63) is 29.8 Å². The van der Waals surface area contributed by atoms with Crippen molar-refractivity contribution >= 4 is 11.9 Å². The first-order valence-electron chi connectivity index (χ1n) is 6.71. The second-order valence-electron chi connectivity index (χ2n) is 4.62. The molecule has 1 unspecified atom stereocenters. The summed E-state index contributed by atoms with van der Waals surface area (Å²) >= 11 is 0. The number of aliphatic carboxylic acids is 1. The Kier molecular flexibility index (Phi) is 7.25. The van der Waals surface area contributed by atoms with E-state index in [1.807, 2.05) is 0 Å². The number of carboxylic acid groups (broad SMARTS) is 1. The van der Waals surface area contributed by atoms with Crippen molar-refractivity contribution in [3.63, 3.8) is 0 Å². The first kappa shape index (κ1) is 17.0. The average Bonchev–Trinajstić information content (AvgIpc) is 2.47. The largest absolute Gasteiger partial charge is 0.497 e. The Hall–Kier alpha value is -2.08. The van der Waals surface area contributed by atoms with Crippen molar-refractivity contribution in [3.8, 4) is 5.75 Å². The molecular formula is C15H21NO5. The maximum Gasteiger partial charge on any atom is 0.326 e. The van der Waals surface area contributed by atoms with Gasteiger partial charge in [-0.05, 0) is 30.5 Å². The average molecular weight is 295 g/mol. The fourth-order valence-electron chi connectivity index (χ4n) is 1.86. The van der Waals surface area contributed by atoms with Gasteiger partial charge in [-0.2, -0.15) is 0 Å². The topological polar surface area (TPSA) is 84.9 Å². The van der Waals surface area contributed by atoms with Crippen molar-refractivity contribution < 1.29 is 24.2 Å². The molecule has 0 spiro atoms. The minimum Gasteiger partial charge on any atom is -0.497 e. The van der Waals surface area contributed by atoms with Gasteiger partial charge in [-0.3, -0.25) is 4.79 Å². The van der Waals surface area contributed by atoms with Gasteiger partial charge in [0.25, 0.3) is 0 Å². The van der Waals surface area contributed by atoms with Gasteiger partial charge in [0, 0.05) is 13.7 Å². The number of carbonyl (C=O) groups excluding carboxylic acids is 1. The number of benzene rings is 1. The summed E-state index contributed by atoms with van der Waals surface area (Å²) in [6.45, 7) is 0.470. The lowest BCUT2D eigenvalue weighted by atomic mass is 10.1. The summed E-state index contributed by atoms with van der Waals surface area (Å²) < 4.78 is 9.91. The van der Waals surface area contributed by atoms with Crippen LogP contribution in [-0.2, 0) is 20.7 Å². The van der Waals surface area contributed by atoms with Gasteiger partial charge in [-0.1, -0.05) is 12.1 Å². The number of carbonyl (C=O) groups is 2. The van der Waals surface area contributed by atoms with E-state index >= 15 is 0 Å². The van der Waals surface area contributed by atoms with E-state index < -0.39 is 12.0 Å². The summed E-state index contributed by atoms with van der Waals surface area (Å²) in [5.41, 5.74) is 0.800. The van der Waals surface area contributed by atoms with E-state index in [0.717, 1.165) is 5.56 Å². The molecule has 21 heavy (non-hydrogen) atoms. The Morgan fingerprint density at radius 1 is 1.24 bits per heavy atom. The molecule has 1 aromatic carbocycles. The van der Waals surface area contributed by atoms with Gasteiger partial charge >= 0.3 is 5.97 Å². The van der Waals surface area contributed by atoms with E-state index in [0.29, 0.717) is 25.2 Å². The molecule has 0 saturated heterocycles. The molecule has 0 aliphatic rings. The maximum atomic E-state index is 11.9. The molecule has 2 N–H and O–H groups in total. The number of methoxy groups -OCH3 is 2. The van der Waals surface area contributed by atoms with E-state index in [-0.39, 0.29) is 12.3 Å². The van der Waals surface area contributed by atoms with Crippen LogP contribution >= 0.6 is 0 Å². The Labute approximate surface area is 124 Å². The van der Waals surface area contributed by atoms with Crippen LogP contribution in [-0.4, -0.2) is 43.9 Å². The van der Waals surface area contributed by atoms with Crippen LogP contribution in [0.2, 0.25) is 0 Å². The lowest BCUT2D eigenvalue weighted by Gasteiger charge is -2.14. The minimum absolute atomic E-state index is 0.137. The quantitative estimate of drug-likeness (QED) is 0.669. The smallest absolute Gasteiger partial charge is 0.326 e. The Balaban J connectivity index is 2.50. The van der Waals surface area contributed by atoms with Crippen LogP contribution in [0.3, 0.4) is 0 Å². The van der Waals surface area contributed by atoms with Crippen LogP contribution in [0, 0.1) is 0 Å². The van der Waals surface area contributed by atoms with Gasteiger partial charge in [-0.25, -0.2) is 4.79 Å². The number of carboxylic acids is 1. The third-order valence-corrected chi connectivity index (χ3v) is 3.00. The monoisotopic (exact) mass is 295 g/mol. The summed E-state index contributed by atoms with van der Waals surface area (Å²) in [6, 6.07) is 6.19. The molecule has 0 saturated carbocycles. The van der Waals surface area contributed by atoms with Crippen LogP contribution in [0.5, 0.6) is 5.75 Å². The predicted molar refractivity (Wildman–Crippen MR) is 77.4 cm³/mol. The summed E-state index contributed by atoms with van der Waals surface area (Å²) in [4.78, 5) is 23.0. The molecular weight excluding hydrogens is 274 g/mol. The first-order valence-corrected chi connectivity index (χ1v) is 6.71. The number of amides is 1. The first-order chi connectivity index (χ1) is 10.1. The lowest BCUT2D eigenvalue weighted by Crippen LogP contribution is -2.41. The molecule has 0 radical (unpaired) electrons. The Bertz CT molecular complexity index is 458. The molecule has 116 valence electrons. The highest BCUT2D eigenvalue weighted by Gasteiger charge is 2.19. The highest BCUT2D eigenvalue weighted by Crippen LogP contribution is 2.11. The fourth-order valence-corrected chi connectivity index (χ4v) is 1.86. The normalized spacial score (nSPS) is 11.7. The molecule has 1 atom stereocenters.